The largest absolute Gasteiger partial charge is 0.276 e. The topological polar surface area (TPSA) is 49.1 Å². The van der Waals surface area contributed by atoms with Crippen molar-refractivity contribution in [2.45, 2.75) is 0 Å². The summed E-state index contributed by atoms with van der Waals surface area (Å²) in [5.74, 6) is -0.237. The summed E-state index contributed by atoms with van der Waals surface area (Å²) < 4.78 is 14.1. The minimum Gasteiger partial charge on any atom is -0.276 e. The summed E-state index contributed by atoms with van der Waals surface area (Å²) >= 11 is 0. The molecule has 0 saturated carbocycles. The molecule has 0 unspecified atom stereocenters. The number of para-hydroxylation sites is 1. The van der Waals surface area contributed by atoms with Crippen molar-refractivity contribution in [1.82, 2.24) is 0 Å². The van der Waals surface area contributed by atoms with Gasteiger partial charge < -0.3 is 0 Å². The Morgan fingerprint density at radius 3 is 2.08 bits per heavy atom. The molecule has 0 radical (unpaired) electrons. The van der Waals surface area contributed by atoms with Crippen molar-refractivity contribution < 1.29 is 4.39 Å². The van der Waals surface area contributed by atoms with Crippen LogP contribution in [-0.4, -0.2) is 5.84 Å². The zero-order valence-electron chi connectivity index (χ0n) is 12.8. The van der Waals surface area contributed by atoms with Crippen LogP contribution < -0.4 is 5.43 Å². The van der Waals surface area contributed by atoms with Crippen LogP contribution in [0.1, 0.15) is 5.56 Å². The number of hydrogen-bond donors (Lipinski definition) is 1. The first-order valence-electron chi connectivity index (χ1n) is 7.43. The summed E-state index contributed by atoms with van der Waals surface area (Å²) in [6.07, 6.45) is 0. The van der Waals surface area contributed by atoms with Gasteiger partial charge in [0.2, 0.25) is 5.84 Å². The van der Waals surface area contributed by atoms with Gasteiger partial charge in [-0.2, -0.15) is 5.10 Å². The van der Waals surface area contributed by atoms with E-state index in [0.717, 1.165) is 5.69 Å². The van der Waals surface area contributed by atoms with Crippen LogP contribution in [0.4, 0.5) is 15.8 Å². The van der Waals surface area contributed by atoms with Crippen molar-refractivity contribution in [1.29, 1.82) is 0 Å². The molecule has 0 aliphatic carbocycles. The number of hydrogen-bond acceptors (Lipinski definition) is 3. The second-order valence-electron chi connectivity index (χ2n) is 4.93. The molecule has 0 amide bonds. The Morgan fingerprint density at radius 2 is 1.38 bits per heavy atom. The highest BCUT2D eigenvalue weighted by molar-refractivity contribution is 5.99. The molecule has 118 valence electrons. The molecule has 0 spiro atoms. The van der Waals surface area contributed by atoms with E-state index in [1.165, 1.54) is 6.07 Å². The number of anilines is 1. The zero-order valence-corrected chi connectivity index (χ0v) is 12.8. The number of rotatable bonds is 4. The fraction of sp³-hybridized carbons (Fsp3) is 0. The molecule has 3 aromatic carbocycles. The number of benzene rings is 3. The minimum atomic E-state index is -0.405. The third-order valence-corrected chi connectivity index (χ3v) is 3.20. The van der Waals surface area contributed by atoms with Crippen molar-refractivity contribution in [2.75, 3.05) is 5.43 Å². The molecule has 5 heteroatoms. The smallest absolute Gasteiger partial charge is 0.204 e. The van der Waals surface area contributed by atoms with Crippen molar-refractivity contribution in [3.05, 3.63) is 96.3 Å². The average Bonchev–Trinajstić information content (AvgIpc) is 2.64. The molecule has 24 heavy (non-hydrogen) atoms. The van der Waals surface area contributed by atoms with Crippen molar-refractivity contribution in [3.8, 4) is 0 Å². The SMILES string of the molecule is Fc1ccccc1/C(N=Nc1ccccc1)=N/Nc1ccccc1. The zero-order chi connectivity index (χ0) is 16.6. The van der Waals surface area contributed by atoms with E-state index in [1.54, 1.807) is 18.2 Å². The number of nitrogens with zero attached hydrogens (tertiary/aromatic N) is 3. The quantitative estimate of drug-likeness (QED) is 0.298. The molecule has 1 N–H and O–H groups in total. The molecule has 3 rings (SSSR count). The molecule has 0 aliphatic heterocycles. The highest BCUT2D eigenvalue weighted by Gasteiger charge is 2.08. The summed E-state index contributed by atoms with van der Waals surface area (Å²) in [6.45, 7) is 0. The van der Waals surface area contributed by atoms with Gasteiger partial charge in [0, 0.05) is 0 Å². The molecule has 0 fully saturated rings. The fourth-order valence-electron chi connectivity index (χ4n) is 2.01. The first kappa shape index (κ1) is 15.6. The molecule has 0 saturated heterocycles. The molecule has 0 aromatic heterocycles. The van der Waals surface area contributed by atoms with Crippen LogP contribution in [0.2, 0.25) is 0 Å². The van der Waals surface area contributed by atoms with Gasteiger partial charge >= 0.3 is 0 Å². The summed E-state index contributed by atoms with van der Waals surface area (Å²) in [5.41, 5.74) is 4.60. The number of nitrogens with one attached hydrogen (secondary N) is 1. The molecule has 0 heterocycles. The van der Waals surface area contributed by atoms with Crippen LogP contribution in [0.5, 0.6) is 0 Å². The predicted octanol–water partition coefficient (Wildman–Crippen LogP) is 5.38. The third kappa shape index (κ3) is 4.10. The maximum absolute atomic E-state index is 14.1. The van der Waals surface area contributed by atoms with Crippen molar-refractivity contribution in [3.63, 3.8) is 0 Å². The standard InChI is InChI=1S/C19H15FN4/c20-18-14-8-7-13-17(18)19(23-21-15-9-3-1-4-10-15)24-22-16-11-5-2-6-12-16/h1-14,21H/b23-19-,24-22?. The Morgan fingerprint density at radius 1 is 0.750 bits per heavy atom. The van der Waals surface area contributed by atoms with E-state index >= 15 is 0 Å². The van der Waals surface area contributed by atoms with Crippen molar-refractivity contribution >= 4 is 17.2 Å². The lowest BCUT2D eigenvalue weighted by molar-refractivity contribution is 0.625. The monoisotopic (exact) mass is 318 g/mol. The lowest BCUT2D eigenvalue weighted by atomic mass is 10.2. The Bertz CT molecular complexity index is 846. The Kier molecular flexibility index (Phi) is 5.04. The maximum atomic E-state index is 14.1. The first-order valence-corrected chi connectivity index (χ1v) is 7.43. The van der Waals surface area contributed by atoms with Crippen LogP contribution in [0.25, 0.3) is 0 Å². The number of azo groups is 1. The van der Waals surface area contributed by atoms with Gasteiger partial charge in [-0.05, 0) is 36.4 Å². The van der Waals surface area contributed by atoms with Gasteiger partial charge in [-0.1, -0.05) is 48.5 Å². The second-order valence-corrected chi connectivity index (χ2v) is 4.93. The second kappa shape index (κ2) is 7.78. The van der Waals surface area contributed by atoms with E-state index in [9.17, 15) is 4.39 Å². The molecule has 0 bridgehead atoms. The Labute approximate surface area is 139 Å². The van der Waals surface area contributed by atoms with Crippen molar-refractivity contribution in [2.24, 2.45) is 15.3 Å². The predicted molar refractivity (Wildman–Crippen MR) is 94.0 cm³/mol. The summed E-state index contributed by atoms with van der Waals surface area (Å²) in [6, 6.07) is 24.9. The summed E-state index contributed by atoms with van der Waals surface area (Å²) in [5, 5.41) is 12.4. The Balaban J connectivity index is 1.92. The van der Waals surface area contributed by atoms with Crippen LogP contribution in [0.3, 0.4) is 0 Å². The van der Waals surface area contributed by atoms with E-state index in [-0.39, 0.29) is 11.4 Å². The lowest BCUT2D eigenvalue weighted by Crippen LogP contribution is -2.03. The molecule has 4 nitrogen and oxygen atoms in total. The molecule has 0 atom stereocenters. The van der Waals surface area contributed by atoms with E-state index < -0.39 is 5.82 Å². The number of halogens is 1. The summed E-state index contributed by atoms with van der Waals surface area (Å²) in [7, 11) is 0. The summed E-state index contributed by atoms with van der Waals surface area (Å²) in [4.78, 5) is 0. The highest BCUT2D eigenvalue weighted by atomic mass is 19.1. The van der Waals surface area contributed by atoms with Gasteiger partial charge in [0.1, 0.15) is 5.82 Å². The highest BCUT2D eigenvalue weighted by Crippen LogP contribution is 2.15. The van der Waals surface area contributed by atoms with E-state index in [2.05, 4.69) is 20.8 Å². The van der Waals surface area contributed by atoms with E-state index in [0.29, 0.717) is 5.69 Å². The van der Waals surface area contributed by atoms with Crippen LogP contribution in [-0.2, 0) is 0 Å². The van der Waals surface area contributed by atoms with Gasteiger partial charge in [-0.25, -0.2) is 4.39 Å². The van der Waals surface area contributed by atoms with Gasteiger partial charge in [0.05, 0.1) is 16.9 Å². The van der Waals surface area contributed by atoms with Crippen LogP contribution in [0.15, 0.2) is 100 Å². The molecule has 0 aliphatic rings. The average molecular weight is 318 g/mol. The van der Waals surface area contributed by atoms with E-state index in [1.807, 2.05) is 60.7 Å². The van der Waals surface area contributed by atoms with Crippen LogP contribution in [0, 0.1) is 5.82 Å². The van der Waals surface area contributed by atoms with Gasteiger partial charge in [-0.3, -0.25) is 5.43 Å². The molecular formula is C19H15FN4. The van der Waals surface area contributed by atoms with Gasteiger partial charge in [0.15, 0.2) is 0 Å². The lowest BCUT2D eigenvalue weighted by Gasteiger charge is -2.04. The van der Waals surface area contributed by atoms with Crippen LogP contribution >= 0.6 is 0 Å². The molecular weight excluding hydrogens is 303 g/mol. The maximum Gasteiger partial charge on any atom is 0.204 e. The minimum absolute atomic E-state index is 0.167. The van der Waals surface area contributed by atoms with E-state index in [4.69, 9.17) is 0 Å². The van der Waals surface area contributed by atoms with Gasteiger partial charge in [0.25, 0.3) is 0 Å². The number of hydrazone groups is 1. The normalized spacial score (nSPS) is 11.6. The van der Waals surface area contributed by atoms with Gasteiger partial charge in [-0.15, -0.1) is 10.2 Å². The molecule has 3 aromatic rings. The Hall–Kier alpha value is -3.34. The first-order chi connectivity index (χ1) is 11.8. The number of amidine groups is 1. The third-order valence-electron chi connectivity index (χ3n) is 3.20. The fourth-order valence-corrected chi connectivity index (χ4v) is 2.01.